The van der Waals surface area contributed by atoms with E-state index in [1.165, 1.54) is 55.6 Å². The molecule has 4 heteroatoms. The van der Waals surface area contributed by atoms with Gasteiger partial charge in [-0.05, 0) is 117 Å². The number of hydrogen-bond donors (Lipinski definition) is 0. The molecule has 0 radical (unpaired) electrons. The van der Waals surface area contributed by atoms with Crippen LogP contribution in [0.2, 0.25) is 0 Å². The SMILES string of the molecule is COc1cccc(-c2ccc(-c3ccccc3-c3cc(CCc4cnc(-c5ccccc5)cc4-c4ccccc4)cc(CCc4cnc(-c5ccccc5)cc4-c4ccccc4)c3)cn2)c1. The predicted octanol–water partition coefficient (Wildman–Crippen LogP) is 15.1. The van der Waals surface area contributed by atoms with Gasteiger partial charge in [0.15, 0.2) is 0 Å². The third-order valence-electron chi connectivity index (χ3n) is 12.4. The fraction of sp³-hybridized carbons (Fsp3) is 0.0806. The van der Waals surface area contributed by atoms with Crippen LogP contribution in [0.25, 0.3) is 78.3 Å². The number of rotatable bonds is 14. The summed E-state index contributed by atoms with van der Waals surface area (Å²) in [6.45, 7) is 0. The third kappa shape index (κ3) is 9.50. The summed E-state index contributed by atoms with van der Waals surface area (Å²) in [6, 6.07) is 75.1. The summed E-state index contributed by atoms with van der Waals surface area (Å²) in [7, 11) is 1.69. The highest BCUT2D eigenvalue weighted by molar-refractivity contribution is 5.84. The van der Waals surface area contributed by atoms with Gasteiger partial charge in [0.05, 0.1) is 24.2 Å². The van der Waals surface area contributed by atoms with Gasteiger partial charge in [0, 0.05) is 40.8 Å². The van der Waals surface area contributed by atoms with Crippen molar-refractivity contribution in [3.63, 3.8) is 0 Å². The third-order valence-corrected chi connectivity index (χ3v) is 12.4. The van der Waals surface area contributed by atoms with Gasteiger partial charge in [-0.1, -0.05) is 182 Å². The lowest BCUT2D eigenvalue weighted by atomic mass is 9.89. The minimum atomic E-state index is 0.813. The van der Waals surface area contributed by atoms with E-state index >= 15 is 0 Å². The lowest BCUT2D eigenvalue weighted by Crippen LogP contribution is -2.01. The largest absolute Gasteiger partial charge is 0.497 e. The van der Waals surface area contributed by atoms with Crippen LogP contribution >= 0.6 is 0 Å². The summed E-state index contributed by atoms with van der Waals surface area (Å²) < 4.78 is 5.50. The molecular formula is C62H49N3O. The minimum Gasteiger partial charge on any atom is -0.497 e. The summed E-state index contributed by atoms with van der Waals surface area (Å²) in [4.78, 5) is 15.0. The molecule has 0 amide bonds. The molecule has 66 heavy (non-hydrogen) atoms. The second kappa shape index (κ2) is 19.7. The van der Waals surface area contributed by atoms with Crippen molar-refractivity contribution in [3.05, 3.63) is 253 Å². The summed E-state index contributed by atoms with van der Waals surface area (Å²) in [5, 5.41) is 0. The molecule has 10 rings (SSSR count). The Morgan fingerprint density at radius 2 is 0.758 bits per heavy atom. The number of aromatic nitrogens is 3. The second-order valence-electron chi connectivity index (χ2n) is 16.7. The molecule has 0 aliphatic rings. The van der Waals surface area contributed by atoms with Gasteiger partial charge in [0.2, 0.25) is 0 Å². The van der Waals surface area contributed by atoms with Crippen molar-refractivity contribution >= 4 is 0 Å². The molecule has 4 nitrogen and oxygen atoms in total. The zero-order valence-electron chi connectivity index (χ0n) is 37.0. The van der Waals surface area contributed by atoms with E-state index < -0.39 is 0 Å². The molecule has 0 unspecified atom stereocenters. The Labute approximate surface area is 388 Å². The number of hydrogen-bond acceptors (Lipinski definition) is 4. The molecule has 318 valence electrons. The van der Waals surface area contributed by atoms with Gasteiger partial charge in [-0.2, -0.15) is 0 Å². The zero-order chi connectivity index (χ0) is 44.5. The van der Waals surface area contributed by atoms with Gasteiger partial charge in [-0.3, -0.25) is 15.0 Å². The van der Waals surface area contributed by atoms with E-state index in [2.05, 4.69) is 194 Å². The molecule has 10 aromatic rings. The lowest BCUT2D eigenvalue weighted by molar-refractivity contribution is 0.415. The Hall–Kier alpha value is -8.21. The number of methoxy groups -OCH3 is 1. The first-order valence-corrected chi connectivity index (χ1v) is 22.7. The number of nitrogens with zero attached hydrogens (tertiary/aromatic N) is 3. The van der Waals surface area contributed by atoms with Crippen molar-refractivity contribution in [2.75, 3.05) is 7.11 Å². The summed E-state index contributed by atoms with van der Waals surface area (Å²) >= 11 is 0. The fourth-order valence-electron chi connectivity index (χ4n) is 8.93. The molecule has 0 aliphatic carbocycles. The number of benzene rings is 7. The Morgan fingerprint density at radius 3 is 1.24 bits per heavy atom. The standard InChI is InChI=1S/C62H49N3O/c1-66-55-26-16-25-50(38-55)60-34-33-51(41-63-60)56-27-14-15-28-57(56)54-36-44(29-31-52-42-64-61(48-21-10-4-11-22-48)39-58(52)46-17-6-2-7-18-46)35-45(37-54)30-32-53-43-65-62(49-23-12-5-13-24-49)40-59(53)47-19-8-3-9-20-47/h2-28,33-43H,29-32H2,1H3. The Kier molecular flexibility index (Phi) is 12.5. The van der Waals surface area contributed by atoms with E-state index in [-0.39, 0.29) is 0 Å². The number of ether oxygens (including phenoxy) is 1. The normalized spacial score (nSPS) is 11.0. The van der Waals surface area contributed by atoms with Crippen LogP contribution in [0.1, 0.15) is 22.3 Å². The lowest BCUT2D eigenvalue weighted by Gasteiger charge is -2.16. The highest BCUT2D eigenvalue weighted by Crippen LogP contribution is 2.36. The fourth-order valence-corrected chi connectivity index (χ4v) is 8.93. The van der Waals surface area contributed by atoms with Gasteiger partial charge in [-0.25, -0.2) is 0 Å². The number of aryl methyl sites for hydroxylation is 4. The van der Waals surface area contributed by atoms with E-state index in [0.29, 0.717) is 0 Å². The smallest absolute Gasteiger partial charge is 0.119 e. The molecule has 0 fully saturated rings. The van der Waals surface area contributed by atoms with E-state index in [9.17, 15) is 0 Å². The molecule has 0 atom stereocenters. The van der Waals surface area contributed by atoms with Crippen molar-refractivity contribution in [1.82, 2.24) is 15.0 Å². The van der Waals surface area contributed by atoms with E-state index in [1.807, 2.05) is 36.5 Å². The second-order valence-corrected chi connectivity index (χ2v) is 16.7. The average Bonchev–Trinajstić information content (AvgIpc) is 3.40. The average molecular weight is 852 g/mol. The van der Waals surface area contributed by atoms with Crippen LogP contribution in [0.5, 0.6) is 5.75 Å². The van der Waals surface area contributed by atoms with E-state index in [1.54, 1.807) is 7.11 Å². The van der Waals surface area contributed by atoms with E-state index in [0.717, 1.165) is 76.3 Å². The highest BCUT2D eigenvalue weighted by atomic mass is 16.5. The molecule has 7 aromatic carbocycles. The van der Waals surface area contributed by atoms with Gasteiger partial charge in [-0.15, -0.1) is 0 Å². The molecule has 0 saturated heterocycles. The topological polar surface area (TPSA) is 47.9 Å². The van der Waals surface area contributed by atoms with Crippen molar-refractivity contribution in [2.24, 2.45) is 0 Å². The van der Waals surface area contributed by atoms with E-state index in [4.69, 9.17) is 19.7 Å². The van der Waals surface area contributed by atoms with Crippen LogP contribution < -0.4 is 4.74 Å². The van der Waals surface area contributed by atoms with Crippen LogP contribution in [0.4, 0.5) is 0 Å². The molecule has 0 saturated carbocycles. The molecular weight excluding hydrogens is 803 g/mol. The maximum absolute atomic E-state index is 5.50. The summed E-state index contributed by atoms with van der Waals surface area (Å²) in [5.41, 5.74) is 20.6. The van der Waals surface area contributed by atoms with Crippen LogP contribution in [0.15, 0.2) is 231 Å². The zero-order valence-corrected chi connectivity index (χ0v) is 37.0. The predicted molar refractivity (Wildman–Crippen MR) is 272 cm³/mol. The Bertz CT molecular complexity index is 3060. The Balaban J connectivity index is 1.02. The molecule has 3 heterocycles. The van der Waals surface area contributed by atoms with Gasteiger partial charge >= 0.3 is 0 Å². The van der Waals surface area contributed by atoms with Crippen molar-refractivity contribution < 1.29 is 4.74 Å². The number of pyridine rings is 3. The van der Waals surface area contributed by atoms with Crippen LogP contribution in [-0.4, -0.2) is 22.1 Å². The monoisotopic (exact) mass is 851 g/mol. The van der Waals surface area contributed by atoms with Crippen LogP contribution in [-0.2, 0) is 25.7 Å². The summed E-state index contributed by atoms with van der Waals surface area (Å²) in [5.74, 6) is 0.813. The molecule has 0 bridgehead atoms. The highest BCUT2D eigenvalue weighted by Gasteiger charge is 2.15. The maximum Gasteiger partial charge on any atom is 0.119 e. The van der Waals surface area contributed by atoms with Crippen LogP contribution in [0, 0.1) is 0 Å². The van der Waals surface area contributed by atoms with Crippen LogP contribution in [0.3, 0.4) is 0 Å². The first kappa shape index (κ1) is 41.8. The van der Waals surface area contributed by atoms with Crippen molar-refractivity contribution in [3.8, 4) is 84.0 Å². The van der Waals surface area contributed by atoms with Gasteiger partial charge < -0.3 is 4.74 Å². The molecule has 3 aromatic heterocycles. The Morgan fingerprint density at radius 1 is 0.303 bits per heavy atom. The summed E-state index contributed by atoms with van der Waals surface area (Å²) in [6.07, 6.45) is 9.56. The quantitative estimate of drug-likeness (QED) is 0.109. The molecule has 0 N–H and O–H groups in total. The molecule has 0 aliphatic heterocycles. The first-order valence-electron chi connectivity index (χ1n) is 22.7. The van der Waals surface area contributed by atoms with Crippen molar-refractivity contribution in [1.29, 1.82) is 0 Å². The minimum absolute atomic E-state index is 0.813. The first-order chi connectivity index (χ1) is 32.6. The molecule has 0 spiro atoms. The maximum atomic E-state index is 5.50. The van der Waals surface area contributed by atoms with Crippen molar-refractivity contribution in [2.45, 2.75) is 25.7 Å². The van der Waals surface area contributed by atoms with Gasteiger partial charge in [0.1, 0.15) is 5.75 Å². The van der Waals surface area contributed by atoms with Gasteiger partial charge in [0.25, 0.3) is 0 Å².